The fraction of sp³-hybridized carbons (Fsp3) is 0.0588. The molecule has 3 aromatic rings. The number of imidazole rings is 1. The van der Waals surface area contributed by atoms with Gasteiger partial charge in [-0.15, -0.1) is 0 Å². The SMILES string of the molecule is CSc1nccn1-c1cccc(C(=O)Nc2ccc(Br)cc2)c1. The molecule has 1 heterocycles. The number of benzene rings is 2. The molecule has 1 N–H and O–H groups in total. The fourth-order valence-corrected chi connectivity index (χ4v) is 2.96. The number of carbonyl (C=O) groups excluding carboxylic acids is 1. The summed E-state index contributed by atoms with van der Waals surface area (Å²) < 4.78 is 2.93. The Labute approximate surface area is 147 Å². The number of nitrogens with zero attached hydrogens (tertiary/aromatic N) is 2. The van der Waals surface area contributed by atoms with Crippen molar-refractivity contribution in [3.63, 3.8) is 0 Å². The van der Waals surface area contributed by atoms with Gasteiger partial charge in [0.2, 0.25) is 0 Å². The van der Waals surface area contributed by atoms with Crippen LogP contribution in [0.3, 0.4) is 0 Å². The first-order chi connectivity index (χ1) is 11.2. The van der Waals surface area contributed by atoms with E-state index in [2.05, 4.69) is 26.2 Å². The average Bonchev–Trinajstić information content (AvgIpc) is 3.06. The van der Waals surface area contributed by atoms with Gasteiger partial charge in [-0.2, -0.15) is 0 Å². The Bertz CT molecular complexity index is 830. The van der Waals surface area contributed by atoms with Gasteiger partial charge in [0.05, 0.1) is 0 Å². The third-order valence-corrected chi connectivity index (χ3v) is 4.47. The Kier molecular flexibility index (Phi) is 4.83. The van der Waals surface area contributed by atoms with Crippen molar-refractivity contribution in [2.45, 2.75) is 5.16 Å². The second-order valence-electron chi connectivity index (χ2n) is 4.80. The van der Waals surface area contributed by atoms with Crippen molar-refractivity contribution in [3.05, 3.63) is 71.0 Å². The van der Waals surface area contributed by atoms with Crippen molar-refractivity contribution in [2.24, 2.45) is 0 Å². The molecule has 0 aliphatic rings. The van der Waals surface area contributed by atoms with Crippen LogP contribution in [0.15, 0.2) is 70.6 Å². The summed E-state index contributed by atoms with van der Waals surface area (Å²) in [5.41, 5.74) is 2.28. The lowest BCUT2D eigenvalue weighted by Crippen LogP contribution is -2.12. The van der Waals surface area contributed by atoms with E-state index >= 15 is 0 Å². The predicted octanol–water partition coefficient (Wildman–Crippen LogP) is 4.61. The van der Waals surface area contributed by atoms with Crippen LogP contribution in [0.1, 0.15) is 10.4 Å². The van der Waals surface area contributed by atoms with Gasteiger partial charge >= 0.3 is 0 Å². The van der Waals surface area contributed by atoms with Gasteiger partial charge in [0.25, 0.3) is 5.91 Å². The highest BCUT2D eigenvalue weighted by molar-refractivity contribution is 9.10. The summed E-state index contributed by atoms with van der Waals surface area (Å²) >= 11 is 4.94. The molecule has 116 valence electrons. The molecule has 2 aromatic carbocycles. The molecule has 0 aliphatic heterocycles. The Hall–Kier alpha value is -2.05. The van der Waals surface area contributed by atoms with Crippen LogP contribution in [0.25, 0.3) is 5.69 Å². The number of thioether (sulfide) groups is 1. The Morgan fingerprint density at radius 1 is 1.22 bits per heavy atom. The van der Waals surface area contributed by atoms with Gasteiger partial charge < -0.3 is 5.32 Å². The third kappa shape index (κ3) is 3.65. The Morgan fingerprint density at radius 3 is 2.74 bits per heavy atom. The normalized spacial score (nSPS) is 10.5. The van der Waals surface area contributed by atoms with E-state index in [0.717, 1.165) is 21.0 Å². The van der Waals surface area contributed by atoms with Crippen molar-refractivity contribution in [3.8, 4) is 5.69 Å². The van der Waals surface area contributed by atoms with Crippen LogP contribution in [0.4, 0.5) is 5.69 Å². The second-order valence-corrected chi connectivity index (χ2v) is 6.48. The highest BCUT2D eigenvalue weighted by atomic mass is 79.9. The Morgan fingerprint density at radius 2 is 2.00 bits per heavy atom. The van der Waals surface area contributed by atoms with Gasteiger partial charge in [0, 0.05) is 33.8 Å². The van der Waals surface area contributed by atoms with Crippen molar-refractivity contribution in [1.82, 2.24) is 9.55 Å². The quantitative estimate of drug-likeness (QED) is 0.664. The molecule has 0 saturated carbocycles. The van der Waals surface area contributed by atoms with E-state index in [4.69, 9.17) is 0 Å². The molecule has 0 spiro atoms. The first-order valence-corrected chi connectivity index (χ1v) is 8.94. The van der Waals surface area contributed by atoms with Crippen molar-refractivity contribution >= 4 is 39.3 Å². The van der Waals surface area contributed by atoms with Crippen LogP contribution < -0.4 is 5.32 Å². The standard InChI is InChI=1S/C17H14BrN3OS/c1-23-17-19-9-10-21(17)15-4-2-3-12(11-15)16(22)20-14-7-5-13(18)6-8-14/h2-11H,1H3,(H,20,22). The van der Waals surface area contributed by atoms with Crippen molar-refractivity contribution < 1.29 is 4.79 Å². The molecule has 1 aromatic heterocycles. The minimum Gasteiger partial charge on any atom is -0.322 e. The summed E-state index contributed by atoms with van der Waals surface area (Å²) in [6.07, 6.45) is 5.61. The van der Waals surface area contributed by atoms with Crippen LogP contribution in [0.5, 0.6) is 0 Å². The minimum atomic E-state index is -0.139. The number of aromatic nitrogens is 2. The molecule has 0 unspecified atom stereocenters. The first-order valence-electron chi connectivity index (χ1n) is 6.92. The molecule has 1 amide bonds. The van der Waals surface area contributed by atoms with Gasteiger partial charge in [-0.05, 0) is 48.7 Å². The number of carbonyl (C=O) groups is 1. The topological polar surface area (TPSA) is 46.9 Å². The molecule has 0 radical (unpaired) electrons. The number of hydrogen-bond donors (Lipinski definition) is 1. The summed E-state index contributed by atoms with van der Waals surface area (Å²) in [6, 6.07) is 15.0. The smallest absolute Gasteiger partial charge is 0.255 e. The van der Waals surface area contributed by atoms with Gasteiger partial charge in [0.15, 0.2) is 5.16 Å². The Balaban J connectivity index is 1.84. The fourth-order valence-electron chi connectivity index (χ4n) is 2.17. The van der Waals surface area contributed by atoms with E-state index in [1.54, 1.807) is 24.0 Å². The minimum absolute atomic E-state index is 0.139. The number of halogens is 1. The van der Waals surface area contributed by atoms with E-state index < -0.39 is 0 Å². The molecule has 4 nitrogen and oxygen atoms in total. The van der Waals surface area contributed by atoms with Crippen molar-refractivity contribution in [1.29, 1.82) is 0 Å². The zero-order valence-corrected chi connectivity index (χ0v) is 14.8. The summed E-state index contributed by atoms with van der Waals surface area (Å²) in [7, 11) is 0. The lowest BCUT2D eigenvalue weighted by molar-refractivity contribution is 0.102. The summed E-state index contributed by atoms with van der Waals surface area (Å²) in [5.74, 6) is -0.139. The molecule has 0 fully saturated rings. The maximum atomic E-state index is 12.4. The van der Waals surface area contributed by atoms with Crippen LogP contribution in [-0.2, 0) is 0 Å². The van der Waals surface area contributed by atoms with Crippen LogP contribution in [0.2, 0.25) is 0 Å². The van der Waals surface area contributed by atoms with Crippen LogP contribution in [-0.4, -0.2) is 21.7 Å². The largest absolute Gasteiger partial charge is 0.322 e. The zero-order chi connectivity index (χ0) is 16.2. The third-order valence-electron chi connectivity index (χ3n) is 3.28. The number of hydrogen-bond acceptors (Lipinski definition) is 3. The molecule has 3 rings (SSSR count). The van der Waals surface area contributed by atoms with E-state index in [9.17, 15) is 4.79 Å². The maximum Gasteiger partial charge on any atom is 0.255 e. The second kappa shape index (κ2) is 7.02. The number of amides is 1. The lowest BCUT2D eigenvalue weighted by atomic mass is 10.2. The zero-order valence-electron chi connectivity index (χ0n) is 12.4. The lowest BCUT2D eigenvalue weighted by Gasteiger charge is -2.09. The monoisotopic (exact) mass is 387 g/mol. The van der Waals surface area contributed by atoms with E-state index in [1.165, 1.54) is 0 Å². The summed E-state index contributed by atoms with van der Waals surface area (Å²) in [6.45, 7) is 0. The van der Waals surface area contributed by atoms with Gasteiger partial charge in [0.1, 0.15) is 0 Å². The number of rotatable bonds is 4. The van der Waals surface area contributed by atoms with Gasteiger partial charge in [-0.3, -0.25) is 9.36 Å². The molecule has 0 aliphatic carbocycles. The van der Waals surface area contributed by atoms with Crippen LogP contribution in [0, 0.1) is 0 Å². The van der Waals surface area contributed by atoms with Gasteiger partial charge in [-0.1, -0.05) is 33.8 Å². The summed E-state index contributed by atoms with van der Waals surface area (Å²) in [4.78, 5) is 16.7. The predicted molar refractivity (Wildman–Crippen MR) is 97.4 cm³/mol. The first kappa shape index (κ1) is 15.8. The van der Waals surface area contributed by atoms with Crippen molar-refractivity contribution in [2.75, 3.05) is 11.6 Å². The molecular formula is C17H14BrN3OS. The van der Waals surface area contributed by atoms with Crippen LogP contribution >= 0.6 is 27.7 Å². The highest BCUT2D eigenvalue weighted by Gasteiger charge is 2.09. The highest BCUT2D eigenvalue weighted by Crippen LogP contribution is 2.20. The number of anilines is 1. The molecule has 0 bridgehead atoms. The van der Waals surface area contributed by atoms with E-state index in [-0.39, 0.29) is 5.91 Å². The van der Waals surface area contributed by atoms with E-state index in [1.807, 2.05) is 59.5 Å². The molecule has 6 heteroatoms. The maximum absolute atomic E-state index is 12.4. The molecule has 0 atom stereocenters. The van der Waals surface area contributed by atoms with E-state index in [0.29, 0.717) is 5.56 Å². The van der Waals surface area contributed by atoms with Gasteiger partial charge in [-0.25, -0.2) is 4.98 Å². The number of nitrogens with one attached hydrogen (secondary N) is 1. The summed E-state index contributed by atoms with van der Waals surface area (Å²) in [5, 5.41) is 3.78. The molecule has 0 saturated heterocycles. The molecular weight excluding hydrogens is 374 g/mol. The molecule has 23 heavy (non-hydrogen) atoms. The average molecular weight is 388 g/mol.